The molecule has 0 aliphatic heterocycles. The predicted octanol–water partition coefficient (Wildman–Crippen LogP) is -1.07. The van der Waals surface area contributed by atoms with Crippen LogP contribution in [0.25, 0.3) is 0 Å². The van der Waals surface area contributed by atoms with Crippen LogP contribution in [0.4, 0.5) is 0 Å². The van der Waals surface area contributed by atoms with Crippen LogP contribution >= 0.6 is 11.8 Å². The number of nitrogens with two attached hydrogens (primary N) is 3. The number of rotatable bonds is 12. The standard InChI is InChI=1S/C17H26N4O4S/c18-6-1-7-26-10-14(16(24)15(23)9-19)21-17(25)13(20)8-11-2-4-12(22)5-3-11/h2-5,13-14,22H,1,6-10,18-20H2,(H,21,25)/t13-,14-/m0/s1. The van der Waals surface area contributed by atoms with Gasteiger partial charge in [-0.3, -0.25) is 14.4 Å². The van der Waals surface area contributed by atoms with Gasteiger partial charge < -0.3 is 27.6 Å². The second kappa shape index (κ2) is 11.6. The third kappa shape index (κ3) is 7.52. The van der Waals surface area contributed by atoms with Crippen LogP contribution in [0.2, 0.25) is 0 Å². The average Bonchev–Trinajstić information content (AvgIpc) is 2.64. The second-order valence-electron chi connectivity index (χ2n) is 5.75. The number of phenolic OH excluding ortho intramolecular Hbond substituents is 1. The Bertz CT molecular complexity index is 609. The number of aromatic hydroxyl groups is 1. The Hall–Kier alpha value is -1.94. The third-order valence-electron chi connectivity index (χ3n) is 3.60. The van der Waals surface area contributed by atoms with Crippen molar-refractivity contribution in [1.29, 1.82) is 0 Å². The molecule has 0 unspecified atom stereocenters. The van der Waals surface area contributed by atoms with E-state index >= 15 is 0 Å². The maximum Gasteiger partial charge on any atom is 0.237 e. The summed E-state index contributed by atoms with van der Waals surface area (Å²) in [4.78, 5) is 36.1. The summed E-state index contributed by atoms with van der Waals surface area (Å²) >= 11 is 1.42. The molecule has 0 heterocycles. The lowest BCUT2D eigenvalue weighted by Crippen LogP contribution is -2.52. The summed E-state index contributed by atoms with van der Waals surface area (Å²) < 4.78 is 0. The van der Waals surface area contributed by atoms with E-state index in [1.54, 1.807) is 12.1 Å². The molecule has 0 aliphatic carbocycles. The molecule has 0 saturated carbocycles. The summed E-state index contributed by atoms with van der Waals surface area (Å²) in [5.74, 6) is -0.901. The lowest BCUT2D eigenvalue weighted by molar-refractivity contribution is -0.137. The van der Waals surface area contributed by atoms with Crippen LogP contribution in [0.15, 0.2) is 24.3 Å². The molecule has 8 nitrogen and oxygen atoms in total. The molecule has 0 bridgehead atoms. The fourth-order valence-electron chi connectivity index (χ4n) is 2.12. The molecule has 0 aliphatic rings. The normalized spacial score (nSPS) is 13.0. The van der Waals surface area contributed by atoms with Crippen molar-refractivity contribution in [2.24, 2.45) is 17.2 Å². The highest BCUT2D eigenvalue weighted by atomic mass is 32.2. The van der Waals surface area contributed by atoms with Crippen molar-refractivity contribution >= 4 is 29.2 Å². The first-order valence-corrected chi connectivity index (χ1v) is 9.43. The maximum absolute atomic E-state index is 12.3. The zero-order valence-electron chi connectivity index (χ0n) is 14.5. The molecule has 8 N–H and O–H groups in total. The van der Waals surface area contributed by atoms with Gasteiger partial charge in [-0.15, -0.1) is 0 Å². The molecule has 26 heavy (non-hydrogen) atoms. The Balaban J connectivity index is 2.67. The van der Waals surface area contributed by atoms with Crippen LogP contribution < -0.4 is 22.5 Å². The van der Waals surface area contributed by atoms with Gasteiger partial charge in [0.2, 0.25) is 17.5 Å². The molecule has 1 aromatic rings. The van der Waals surface area contributed by atoms with E-state index in [1.807, 2.05) is 0 Å². The van der Waals surface area contributed by atoms with Crippen molar-refractivity contribution in [2.75, 3.05) is 24.6 Å². The summed E-state index contributed by atoms with van der Waals surface area (Å²) in [6.07, 6.45) is 1.00. The minimum absolute atomic E-state index is 0.118. The van der Waals surface area contributed by atoms with Crippen LogP contribution in [0.1, 0.15) is 12.0 Å². The van der Waals surface area contributed by atoms with E-state index in [9.17, 15) is 19.5 Å². The average molecular weight is 382 g/mol. The highest BCUT2D eigenvalue weighted by molar-refractivity contribution is 7.99. The first kappa shape index (κ1) is 22.1. The summed E-state index contributed by atoms with van der Waals surface area (Å²) in [5, 5.41) is 11.8. The largest absolute Gasteiger partial charge is 0.508 e. The van der Waals surface area contributed by atoms with Crippen molar-refractivity contribution in [3.63, 3.8) is 0 Å². The number of thioether (sulfide) groups is 1. The van der Waals surface area contributed by atoms with Gasteiger partial charge in [-0.05, 0) is 42.8 Å². The van der Waals surface area contributed by atoms with Crippen LogP contribution in [-0.4, -0.2) is 59.3 Å². The maximum atomic E-state index is 12.3. The SMILES string of the molecule is NCCCSC[C@H](NC(=O)[C@@H](N)Cc1ccc(O)cc1)C(=O)C(=O)CN. The monoisotopic (exact) mass is 382 g/mol. The topological polar surface area (TPSA) is 162 Å². The Morgan fingerprint density at radius 2 is 1.81 bits per heavy atom. The minimum Gasteiger partial charge on any atom is -0.508 e. The van der Waals surface area contributed by atoms with Gasteiger partial charge in [0.25, 0.3) is 0 Å². The smallest absolute Gasteiger partial charge is 0.237 e. The van der Waals surface area contributed by atoms with Crippen LogP contribution in [-0.2, 0) is 20.8 Å². The fourth-order valence-corrected chi connectivity index (χ4v) is 3.13. The molecule has 9 heteroatoms. The molecule has 0 spiro atoms. The van der Waals surface area contributed by atoms with Crippen molar-refractivity contribution < 1.29 is 19.5 Å². The van der Waals surface area contributed by atoms with Crippen molar-refractivity contribution in [1.82, 2.24) is 5.32 Å². The molecule has 0 fully saturated rings. The van der Waals surface area contributed by atoms with Gasteiger partial charge in [-0.1, -0.05) is 12.1 Å². The summed E-state index contributed by atoms with van der Waals surface area (Å²) in [6, 6.07) is 4.46. The molecule has 1 aromatic carbocycles. The predicted molar refractivity (Wildman–Crippen MR) is 102 cm³/mol. The number of amides is 1. The van der Waals surface area contributed by atoms with Gasteiger partial charge in [-0.25, -0.2) is 0 Å². The molecular formula is C17H26N4O4S. The van der Waals surface area contributed by atoms with Gasteiger partial charge in [0.1, 0.15) is 11.8 Å². The molecule has 0 radical (unpaired) electrons. The Morgan fingerprint density at radius 3 is 2.38 bits per heavy atom. The first-order valence-electron chi connectivity index (χ1n) is 8.27. The number of carbonyl (C=O) groups excluding carboxylic acids is 3. The Morgan fingerprint density at radius 1 is 1.15 bits per heavy atom. The highest BCUT2D eigenvalue weighted by Crippen LogP contribution is 2.11. The van der Waals surface area contributed by atoms with E-state index in [2.05, 4.69) is 5.32 Å². The minimum atomic E-state index is -0.966. The van der Waals surface area contributed by atoms with E-state index in [0.717, 1.165) is 12.0 Å². The number of ketones is 2. The molecular weight excluding hydrogens is 356 g/mol. The number of phenols is 1. The quantitative estimate of drug-likeness (QED) is 0.225. The zero-order chi connectivity index (χ0) is 19.5. The van der Waals surface area contributed by atoms with Gasteiger partial charge >= 0.3 is 0 Å². The molecule has 2 atom stereocenters. The highest BCUT2D eigenvalue weighted by Gasteiger charge is 2.27. The van der Waals surface area contributed by atoms with E-state index in [1.165, 1.54) is 23.9 Å². The van der Waals surface area contributed by atoms with Crippen molar-refractivity contribution in [2.45, 2.75) is 24.9 Å². The zero-order valence-corrected chi connectivity index (χ0v) is 15.3. The molecule has 0 aromatic heterocycles. The van der Waals surface area contributed by atoms with Gasteiger partial charge in [0.05, 0.1) is 12.6 Å². The number of benzene rings is 1. The second-order valence-corrected chi connectivity index (χ2v) is 6.90. The number of Topliss-reactive ketones (excluding diaryl/α,β-unsaturated/α-hetero) is 2. The molecule has 144 valence electrons. The summed E-state index contributed by atoms with van der Waals surface area (Å²) in [6.45, 7) is 0.120. The lowest BCUT2D eigenvalue weighted by Gasteiger charge is -2.19. The van der Waals surface area contributed by atoms with Crippen LogP contribution in [0.3, 0.4) is 0 Å². The van der Waals surface area contributed by atoms with Crippen LogP contribution in [0, 0.1) is 0 Å². The first-order chi connectivity index (χ1) is 12.4. The number of nitrogens with one attached hydrogen (secondary N) is 1. The fraction of sp³-hybridized carbons (Fsp3) is 0.471. The van der Waals surface area contributed by atoms with Crippen molar-refractivity contribution in [3.05, 3.63) is 29.8 Å². The lowest BCUT2D eigenvalue weighted by atomic mass is 10.0. The van der Waals surface area contributed by atoms with E-state index in [0.29, 0.717) is 12.3 Å². The Kier molecular flexibility index (Phi) is 9.89. The number of hydrogen-bond donors (Lipinski definition) is 5. The van der Waals surface area contributed by atoms with E-state index in [4.69, 9.17) is 17.2 Å². The van der Waals surface area contributed by atoms with Crippen LogP contribution in [0.5, 0.6) is 5.75 Å². The molecule has 1 rings (SSSR count). The van der Waals surface area contributed by atoms with E-state index in [-0.39, 0.29) is 17.9 Å². The number of hydrogen-bond acceptors (Lipinski definition) is 8. The molecule has 0 saturated heterocycles. The summed E-state index contributed by atoms with van der Waals surface area (Å²) in [5.41, 5.74) is 17.3. The van der Waals surface area contributed by atoms with Gasteiger partial charge in [-0.2, -0.15) is 11.8 Å². The van der Waals surface area contributed by atoms with Gasteiger partial charge in [0, 0.05) is 5.75 Å². The number of carbonyl (C=O) groups is 3. The van der Waals surface area contributed by atoms with Crippen molar-refractivity contribution in [3.8, 4) is 5.75 Å². The summed E-state index contributed by atoms with van der Waals surface area (Å²) in [7, 11) is 0. The third-order valence-corrected chi connectivity index (χ3v) is 4.75. The van der Waals surface area contributed by atoms with Gasteiger partial charge in [0.15, 0.2) is 0 Å². The molecule has 1 amide bonds. The van der Waals surface area contributed by atoms with E-state index < -0.39 is 36.1 Å². The Labute approximate surface area is 156 Å².